The lowest BCUT2D eigenvalue weighted by Crippen LogP contribution is -2.47. The van der Waals surface area contributed by atoms with E-state index >= 15 is 0 Å². The van der Waals surface area contributed by atoms with E-state index in [4.69, 9.17) is 4.74 Å². The maximum atomic E-state index is 10.3. The molecule has 4 heteroatoms. The molecule has 3 rings (SSSR count). The van der Waals surface area contributed by atoms with Crippen molar-refractivity contribution >= 4 is 0 Å². The van der Waals surface area contributed by atoms with Crippen molar-refractivity contribution in [2.45, 2.75) is 12.5 Å². The van der Waals surface area contributed by atoms with Crippen LogP contribution in [0.3, 0.4) is 0 Å². The number of β-amino-alcohol motifs (C(OH)–C–C–N with tert-alkyl or cyclic N) is 1. The van der Waals surface area contributed by atoms with Gasteiger partial charge in [0.15, 0.2) is 0 Å². The van der Waals surface area contributed by atoms with Crippen LogP contribution in [0.1, 0.15) is 18.1 Å². The molecule has 1 N–H and O–H groups in total. The van der Waals surface area contributed by atoms with Crippen molar-refractivity contribution in [3.63, 3.8) is 0 Å². The van der Waals surface area contributed by atoms with Gasteiger partial charge < -0.3 is 14.7 Å². The third-order valence-corrected chi connectivity index (χ3v) is 4.71. The van der Waals surface area contributed by atoms with Crippen LogP contribution in [0.25, 0.3) is 0 Å². The molecule has 0 amide bonds. The zero-order valence-electron chi connectivity index (χ0n) is 14.8. The Morgan fingerprint density at radius 2 is 1.44 bits per heavy atom. The molecule has 0 bridgehead atoms. The molecule has 0 unspecified atom stereocenters. The normalized spacial score (nSPS) is 17.3. The Bertz CT molecular complexity index is 598. The molecule has 0 aromatic heterocycles. The van der Waals surface area contributed by atoms with E-state index in [0.717, 1.165) is 63.6 Å². The van der Waals surface area contributed by atoms with Crippen molar-refractivity contribution in [3.8, 4) is 5.75 Å². The number of benzene rings is 2. The predicted octanol–water partition coefficient (Wildman–Crippen LogP) is 2.81. The maximum absolute atomic E-state index is 10.3. The van der Waals surface area contributed by atoms with E-state index in [2.05, 4.69) is 9.80 Å². The number of hydrogen-bond donors (Lipinski definition) is 1. The van der Waals surface area contributed by atoms with Crippen LogP contribution in [0.4, 0.5) is 0 Å². The summed E-state index contributed by atoms with van der Waals surface area (Å²) in [5.41, 5.74) is 1.00. The monoisotopic (exact) mass is 340 g/mol. The first-order valence-electron chi connectivity index (χ1n) is 9.17. The zero-order chi connectivity index (χ0) is 17.3. The highest BCUT2D eigenvalue weighted by Gasteiger charge is 2.19. The van der Waals surface area contributed by atoms with E-state index in [-0.39, 0.29) is 0 Å². The Morgan fingerprint density at radius 3 is 2.12 bits per heavy atom. The molecular formula is C21H28N2O2. The van der Waals surface area contributed by atoms with Crippen LogP contribution in [0.15, 0.2) is 60.7 Å². The molecule has 1 heterocycles. The largest absolute Gasteiger partial charge is 0.494 e. The smallest absolute Gasteiger partial charge is 0.119 e. The van der Waals surface area contributed by atoms with E-state index in [1.807, 2.05) is 60.7 Å². The molecule has 1 aliphatic rings. The summed E-state index contributed by atoms with van der Waals surface area (Å²) in [5.74, 6) is 0.946. The Labute approximate surface area is 150 Å². The summed E-state index contributed by atoms with van der Waals surface area (Å²) in [6.45, 7) is 6.71. The quantitative estimate of drug-likeness (QED) is 0.750. The fourth-order valence-electron chi connectivity index (χ4n) is 3.22. The van der Waals surface area contributed by atoms with Gasteiger partial charge in [0.1, 0.15) is 5.75 Å². The topological polar surface area (TPSA) is 35.9 Å². The third kappa shape index (κ3) is 5.85. The fourth-order valence-corrected chi connectivity index (χ4v) is 3.22. The molecule has 1 atom stereocenters. The first kappa shape index (κ1) is 17.9. The summed E-state index contributed by atoms with van der Waals surface area (Å²) >= 11 is 0. The van der Waals surface area contributed by atoms with Gasteiger partial charge in [0.05, 0.1) is 12.7 Å². The SMILES string of the molecule is O[C@H](CN1CCN(CCCOc2ccccc2)CC1)c1ccccc1. The minimum absolute atomic E-state index is 0.396. The van der Waals surface area contributed by atoms with Crippen LogP contribution in [0, 0.1) is 0 Å². The van der Waals surface area contributed by atoms with Crippen molar-refractivity contribution in [2.75, 3.05) is 45.9 Å². The molecule has 0 saturated carbocycles. The number of ether oxygens (including phenoxy) is 1. The van der Waals surface area contributed by atoms with Crippen LogP contribution in [0.2, 0.25) is 0 Å². The molecule has 134 valence electrons. The minimum Gasteiger partial charge on any atom is -0.494 e. The molecule has 0 spiro atoms. The second kappa shape index (κ2) is 9.56. The highest BCUT2D eigenvalue weighted by atomic mass is 16.5. The Kier molecular flexibility index (Phi) is 6.86. The van der Waals surface area contributed by atoms with Crippen LogP contribution in [-0.2, 0) is 0 Å². The lowest BCUT2D eigenvalue weighted by Gasteiger charge is -2.35. The summed E-state index contributed by atoms with van der Waals surface area (Å²) in [7, 11) is 0. The number of nitrogens with zero attached hydrogens (tertiary/aromatic N) is 2. The molecular weight excluding hydrogens is 312 g/mol. The highest BCUT2D eigenvalue weighted by molar-refractivity contribution is 5.20. The van der Waals surface area contributed by atoms with Crippen molar-refractivity contribution < 1.29 is 9.84 Å². The van der Waals surface area contributed by atoms with E-state index < -0.39 is 6.10 Å². The molecule has 25 heavy (non-hydrogen) atoms. The van der Waals surface area contributed by atoms with Gasteiger partial charge in [-0.15, -0.1) is 0 Å². The lowest BCUT2D eigenvalue weighted by molar-refractivity contribution is 0.0708. The van der Waals surface area contributed by atoms with Gasteiger partial charge >= 0.3 is 0 Å². The fraction of sp³-hybridized carbons (Fsp3) is 0.429. The van der Waals surface area contributed by atoms with Gasteiger partial charge in [-0.1, -0.05) is 48.5 Å². The van der Waals surface area contributed by atoms with Gasteiger partial charge in [0.2, 0.25) is 0 Å². The summed E-state index contributed by atoms with van der Waals surface area (Å²) < 4.78 is 5.75. The van der Waals surface area contributed by atoms with Gasteiger partial charge in [0.25, 0.3) is 0 Å². The summed E-state index contributed by atoms with van der Waals surface area (Å²) in [4.78, 5) is 4.84. The first-order valence-corrected chi connectivity index (χ1v) is 9.17. The number of para-hydroxylation sites is 1. The number of piperazine rings is 1. The van der Waals surface area contributed by atoms with Crippen LogP contribution >= 0.6 is 0 Å². The molecule has 1 aliphatic heterocycles. The van der Waals surface area contributed by atoms with Crippen LogP contribution in [-0.4, -0.2) is 60.8 Å². The van der Waals surface area contributed by atoms with Gasteiger partial charge in [-0.2, -0.15) is 0 Å². The first-order chi connectivity index (χ1) is 12.3. The van der Waals surface area contributed by atoms with Gasteiger partial charge in [-0.3, -0.25) is 4.90 Å². The molecule has 1 fully saturated rings. The van der Waals surface area contributed by atoms with E-state index in [9.17, 15) is 5.11 Å². The molecule has 2 aromatic rings. The van der Waals surface area contributed by atoms with E-state index in [0.29, 0.717) is 0 Å². The summed E-state index contributed by atoms with van der Waals surface area (Å²) in [6.07, 6.45) is 0.647. The average molecular weight is 340 g/mol. The summed E-state index contributed by atoms with van der Waals surface area (Å²) in [6, 6.07) is 19.9. The third-order valence-electron chi connectivity index (χ3n) is 4.71. The van der Waals surface area contributed by atoms with Crippen LogP contribution in [0.5, 0.6) is 5.75 Å². The minimum atomic E-state index is -0.396. The second-order valence-corrected chi connectivity index (χ2v) is 6.58. The maximum Gasteiger partial charge on any atom is 0.119 e. The van der Waals surface area contributed by atoms with Crippen molar-refractivity contribution in [2.24, 2.45) is 0 Å². The van der Waals surface area contributed by atoms with E-state index in [1.54, 1.807) is 0 Å². The molecule has 0 radical (unpaired) electrons. The lowest BCUT2D eigenvalue weighted by atomic mass is 10.1. The average Bonchev–Trinajstić information content (AvgIpc) is 2.68. The molecule has 2 aromatic carbocycles. The van der Waals surface area contributed by atoms with E-state index in [1.165, 1.54) is 0 Å². The number of aliphatic hydroxyl groups excluding tert-OH is 1. The second-order valence-electron chi connectivity index (χ2n) is 6.58. The Hall–Kier alpha value is -1.88. The van der Waals surface area contributed by atoms with Crippen molar-refractivity contribution in [1.82, 2.24) is 9.80 Å². The Balaban J connectivity index is 1.31. The highest BCUT2D eigenvalue weighted by Crippen LogP contribution is 2.15. The molecule has 0 aliphatic carbocycles. The molecule has 4 nitrogen and oxygen atoms in total. The van der Waals surface area contributed by atoms with Crippen molar-refractivity contribution in [1.29, 1.82) is 0 Å². The van der Waals surface area contributed by atoms with Gasteiger partial charge in [-0.25, -0.2) is 0 Å². The summed E-state index contributed by atoms with van der Waals surface area (Å²) in [5, 5.41) is 10.3. The zero-order valence-corrected chi connectivity index (χ0v) is 14.8. The number of rotatable bonds is 8. The number of aliphatic hydroxyl groups is 1. The Morgan fingerprint density at radius 1 is 0.840 bits per heavy atom. The predicted molar refractivity (Wildman–Crippen MR) is 101 cm³/mol. The van der Waals surface area contributed by atoms with Gasteiger partial charge in [-0.05, 0) is 24.1 Å². The van der Waals surface area contributed by atoms with Crippen molar-refractivity contribution in [3.05, 3.63) is 66.2 Å². The number of hydrogen-bond acceptors (Lipinski definition) is 4. The van der Waals surface area contributed by atoms with Gasteiger partial charge in [0, 0.05) is 39.3 Å². The molecule has 1 saturated heterocycles. The standard InChI is InChI=1S/C21H28N2O2/c24-21(19-8-3-1-4-9-19)18-23-15-13-22(14-16-23)12-7-17-25-20-10-5-2-6-11-20/h1-6,8-11,21,24H,7,12-18H2/t21-/m1/s1. The van der Waals surface area contributed by atoms with Crippen LogP contribution < -0.4 is 4.74 Å².